The standard InChI is InChI=1S/C52H41N/c1-51(2)47-22-12-9-19-43(47)46-34-27-37(35-50(46)51)36-25-30-41(31-26-36)53(40-17-7-4-8-18-40)42-32-28-39(29-33-42)52(38-15-5-3-6-16-38)48-23-13-10-20-44(48)45-21-11-14-24-49(45)52/h3-35,43,47H,1-2H3. The topological polar surface area (TPSA) is 3.24 Å². The highest BCUT2D eigenvalue weighted by Crippen LogP contribution is 2.57. The van der Waals surface area contributed by atoms with E-state index in [-0.39, 0.29) is 5.41 Å². The van der Waals surface area contributed by atoms with Crippen LogP contribution < -0.4 is 4.90 Å². The molecule has 1 nitrogen and oxygen atoms in total. The third kappa shape index (κ3) is 4.77. The van der Waals surface area contributed by atoms with Crippen LogP contribution in [-0.2, 0) is 10.8 Å². The molecule has 2 unspecified atom stereocenters. The molecule has 7 aromatic carbocycles. The van der Waals surface area contributed by atoms with E-state index >= 15 is 0 Å². The molecule has 10 rings (SSSR count). The molecule has 0 radical (unpaired) electrons. The molecule has 2 atom stereocenters. The Labute approximate surface area is 313 Å². The van der Waals surface area contributed by atoms with Gasteiger partial charge in [0.2, 0.25) is 0 Å². The van der Waals surface area contributed by atoms with E-state index in [1.807, 2.05) is 0 Å². The number of nitrogens with zero attached hydrogens (tertiary/aromatic N) is 1. The van der Waals surface area contributed by atoms with Crippen LogP contribution in [0.4, 0.5) is 17.1 Å². The number of anilines is 3. The Kier molecular flexibility index (Phi) is 7.27. The van der Waals surface area contributed by atoms with Crippen molar-refractivity contribution >= 4 is 17.1 Å². The van der Waals surface area contributed by atoms with Crippen LogP contribution in [0.1, 0.15) is 53.1 Å². The second kappa shape index (κ2) is 12.2. The van der Waals surface area contributed by atoms with Gasteiger partial charge in [-0.25, -0.2) is 0 Å². The molecule has 0 saturated heterocycles. The van der Waals surface area contributed by atoms with Crippen molar-refractivity contribution in [3.63, 3.8) is 0 Å². The number of rotatable bonds is 6. The fraction of sp³-hybridized carbons (Fsp3) is 0.115. The van der Waals surface area contributed by atoms with Gasteiger partial charge >= 0.3 is 0 Å². The number of benzene rings is 7. The van der Waals surface area contributed by atoms with Crippen molar-refractivity contribution in [2.75, 3.05) is 4.90 Å². The highest BCUT2D eigenvalue weighted by Gasteiger charge is 2.46. The maximum absolute atomic E-state index is 2.44. The Bertz CT molecular complexity index is 2480. The minimum Gasteiger partial charge on any atom is -0.311 e. The molecule has 0 aromatic heterocycles. The van der Waals surface area contributed by atoms with E-state index in [1.165, 1.54) is 55.6 Å². The summed E-state index contributed by atoms with van der Waals surface area (Å²) in [5.41, 5.74) is 16.3. The average Bonchev–Trinajstić information content (AvgIpc) is 3.65. The lowest BCUT2D eigenvalue weighted by Crippen LogP contribution is -2.28. The molecule has 0 aliphatic heterocycles. The monoisotopic (exact) mass is 679 g/mol. The third-order valence-electron chi connectivity index (χ3n) is 12.3. The van der Waals surface area contributed by atoms with Crippen molar-refractivity contribution in [1.29, 1.82) is 0 Å². The summed E-state index contributed by atoms with van der Waals surface area (Å²) in [6.07, 6.45) is 9.20. The van der Waals surface area contributed by atoms with Gasteiger partial charge in [0.1, 0.15) is 0 Å². The molecule has 3 aliphatic carbocycles. The minimum absolute atomic E-state index is 0.0925. The van der Waals surface area contributed by atoms with Gasteiger partial charge in [0.25, 0.3) is 0 Å². The molecule has 3 aliphatic rings. The van der Waals surface area contributed by atoms with Gasteiger partial charge in [-0.1, -0.05) is 178 Å². The highest BCUT2D eigenvalue weighted by atomic mass is 15.1. The molecule has 0 spiro atoms. The molecule has 0 saturated carbocycles. The molecule has 254 valence electrons. The molecular weight excluding hydrogens is 639 g/mol. The van der Waals surface area contributed by atoms with Gasteiger partial charge in [-0.3, -0.25) is 0 Å². The zero-order valence-electron chi connectivity index (χ0n) is 30.2. The lowest BCUT2D eigenvalue weighted by molar-refractivity contribution is 0.394. The van der Waals surface area contributed by atoms with Crippen molar-refractivity contribution in [1.82, 2.24) is 0 Å². The number of allylic oxidation sites excluding steroid dienone is 4. The number of hydrogen-bond acceptors (Lipinski definition) is 1. The zero-order valence-corrected chi connectivity index (χ0v) is 30.2. The Balaban J connectivity index is 1.05. The SMILES string of the molecule is CC1(C)c2cc(-c3ccc(N(c4ccccc4)c4ccc(C5(c6ccccc6)c6ccccc6-c6ccccc65)cc4)cc3)ccc2C2C=CC=CC21. The average molecular weight is 680 g/mol. The Morgan fingerprint density at radius 3 is 1.60 bits per heavy atom. The van der Waals surface area contributed by atoms with E-state index in [2.05, 4.69) is 219 Å². The zero-order chi connectivity index (χ0) is 35.6. The van der Waals surface area contributed by atoms with E-state index in [4.69, 9.17) is 0 Å². The van der Waals surface area contributed by atoms with E-state index < -0.39 is 5.41 Å². The maximum atomic E-state index is 2.44. The normalized spacial score (nSPS) is 18.2. The van der Waals surface area contributed by atoms with Gasteiger partial charge in [0.15, 0.2) is 0 Å². The first-order valence-corrected chi connectivity index (χ1v) is 18.9. The van der Waals surface area contributed by atoms with Gasteiger partial charge < -0.3 is 4.90 Å². The lowest BCUT2D eigenvalue weighted by atomic mass is 9.68. The Hall–Kier alpha value is -6.18. The summed E-state index contributed by atoms with van der Waals surface area (Å²) in [6.45, 7) is 4.81. The summed E-state index contributed by atoms with van der Waals surface area (Å²) in [6, 6.07) is 65.2. The molecule has 0 N–H and O–H groups in total. The van der Waals surface area contributed by atoms with Gasteiger partial charge in [-0.15, -0.1) is 0 Å². The summed E-state index contributed by atoms with van der Waals surface area (Å²) >= 11 is 0. The largest absolute Gasteiger partial charge is 0.311 e. The van der Waals surface area contributed by atoms with Crippen LogP contribution in [0.2, 0.25) is 0 Å². The van der Waals surface area contributed by atoms with E-state index in [0.29, 0.717) is 11.8 Å². The molecule has 0 bridgehead atoms. The van der Waals surface area contributed by atoms with Crippen LogP contribution in [0.3, 0.4) is 0 Å². The first kappa shape index (κ1) is 31.5. The van der Waals surface area contributed by atoms with Gasteiger partial charge in [0, 0.05) is 23.0 Å². The van der Waals surface area contributed by atoms with Crippen LogP contribution in [0, 0.1) is 5.92 Å². The number of para-hydroxylation sites is 1. The minimum atomic E-state index is -0.416. The summed E-state index contributed by atoms with van der Waals surface area (Å²) in [5, 5.41) is 0. The van der Waals surface area contributed by atoms with Crippen molar-refractivity contribution < 1.29 is 0 Å². The molecular formula is C52H41N. The van der Waals surface area contributed by atoms with Crippen molar-refractivity contribution in [2.24, 2.45) is 5.92 Å². The number of hydrogen-bond donors (Lipinski definition) is 0. The van der Waals surface area contributed by atoms with Gasteiger partial charge in [-0.05, 0) is 103 Å². The number of fused-ring (bicyclic) bond motifs is 6. The maximum Gasteiger partial charge on any atom is 0.0713 e. The van der Waals surface area contributed by atoms with Crippen LogP contribution in [0.25, 0.3) is 22.3 Å². The van der Waals surface area contributed by atoms with Crippen LogP contribution in [-0.4, -0.2) is 0 Å². The Morgan fingerprint density at radius 1 is 0.434 bits per heavy atom. The molecule has 53 heavy (non-hydrogen) atoms. The van der Waals surface area contributed by atoms with Crippen molar-refractivity contribution in [3.05, 3.63) is 234 Å². The quantitative estimate of drug-likeness (QED) is 0.169. The predicted molar refractivity (Wildman–Crippen MR) is 221 cm³/mol. The van der Waals surface area contributed by atoms with E-state index in [0.717, 1.165) is 17.1 Å². The van der Waals surface area contributed by atoms with Gasteiger partial charge in [-0.2, -0.15) is 0 Å². The molecule has 7 aromatic rings. The first-order chi connectivity index (χ1) is 26.0. The Morgan fingerprint density at radius 2 is 0.943 bits per heavy atom. The fourth-order valence-electron chi connectivity index (χ4n) is 9.76. The van der Waals surface area contributed by atoms with Crippen molar-refractivity contribution in [3.8, 4) is 22.3 Å². The molecule has 0 amide bonds. The molecule has 1 heteroatoms. The predicted octanol–water partition coefficient (Wildman–Crippen LogP) is 13.3. The first-order valence-electron chi connectivity index (χ1n) is 18.9. The summed E-state index contributed by atoms with van der Waals surface area (Å²) < 4.78 is 0. The molecule has 0 heterocycles. The molecule has 0 fully saturated rings. The lowest BCUT2D eigenvalue weighted by Gasteiger charge is -2.34. The highest BCUT2D eigenvalue weighted by molar-refractivity contribution is 5.87. The van der Waals surface area contributed by atoms with Crippen LogP contribution >= 0.6 is 0 Å². The third-order valence-corrected chi connectivity index (χ3v) is 12.3. The van der Waals surface area contributed by atoms with E-state index in [9.17, 15) is 0 Å². The smallest absolute Gasteiger partial charge is 0.0713 e. The van der Waals surface area contributed by atoms with Crippen LogP contribution in [0.5, 0.6) is 0 Å². The second-order valence-corrected chi connectivity index (χ2v) is 15.3. The fourth-order valence-corrected chi connectivity index (χ4v) is 9.76. The van der Waals surface area contributed by atoms with Crippen LogP contribution in [0.15, 0.2) is 200 Å². The second-order valence-electron chi connectivity index (χ2n) is 15.3. The summed E-state index contributed by atoms with van der Waals surface area (Å²) in [4.78, 5) is 2.37. The van der Waals surface area contributed by atoms with Gasteiger partial charge in [0.05, 0.1) is 5.41 Å². The summed E-state index contributed by atoms with van der Waals surface area (Å²) in [7, 11) is 0. The summed E-state index contributed by atoms with van der Waals surface area (Å²) in [5.74, 6) is 0.972. The van der Waals surface area contributed by atoms with Crippen molar-refractivity contribution in [2.45, 2.75) is 30.6 Å². The van der Waals surface area contributed by atoms with E-state index in [1.54, 1.807) is 0 Å².